The normalized spacial score (nSPS) is 10.0. The van der Waals surface area contributed by atoms with E-state index in [-0.39, 0.29) is 0 Å². The number of benzene rings is 2. The summed E-state index contributed by atoms with van der Waals surface area (Å²) in [6, 6.07) is 14.3. The Balaban J connectivity index is 2.67. The molecule has 1 nitrogen and oxygen atoms in total. The first-order valence-electron chi connectivity index (χ1n) is 4.76. The molecule has 0 aliphatic carbocycles. The second kappa shape index (κ2) is 3.51. The van der Waals surface area contributed by atoms with Gasteiger partial charge in [0.1, 0.15) is 0 Å². The smallest absolute Gasteiger partial charge is 0.0991 e. The highest BCUT2D eigenvalue weighted by atomic mass is 14.2. The minimum Gasteiger partial charge on any atom is -0.192 e. The molecular weight excluding hydrogens is 170 g/mol. The lowest BCUT2D eigenvalue weighted by Gasteiger charge is -2.01. The van der Waals surface area contributed by atoms with Crippen molar-refractivity contribution in [3.63, 3.8) is 0 Å². The van der Waals surface area contributed by atoms with Crippen molar-refractivity contribution in [1.82, 2.24) is 0 Å². The molecule has 0 heterocycles. The third-order valence-electron chi connectivity index (χ3n) is 2.44. The van der Waals surface area contributed by atoms with Gasteiger partial charge in [-0.15, -0.1) is 0 Å². The molecule has 0 aliphatic heterocycles. The lowest BCUT2D eigenvalue weighted by atomic mass is 10.0. The van der Waals surface area contributed by atoms with E-state index in [1.807, 2.05) is 18.2 Å². The van der Waals surface area contributed by atoms with Crippen LogP contribution in [0.4, 0.5) is 0 Å². The predicted molar refractivity (Wildman–Crippen MR) is 58.0 cm³/mol. The van der Waals surface area contributed by atoms with Gasteiger partial charge >= 0.3 is 0 Å². The Bertz CT molecular complexity index is 506. The van der Waals surface area contributed by atoms with Crippen molar-refractivity contribution >= 4 is 10.8 Å². The molecule has 0 saturated carbocycles. The zero-order valence-electron chi connectivity index (χ0n) is 8.12. The van der Waals surface area contributed by atoms with Crippen LogP contribution < -0.4 is 0 Å². The Hall–Kier alpha value is -1.81. The second-order valence-electron chi connectivity index (χ2n) is 3.36. The fraction of sp³-hybridized carbons (Fsp3) is 0.154. The largest absolute Gasteiger partial charge is 0.192 e. The summed E-state index contributed by atoms with van der Waals surface area (Å²) in [6.07, 6.45) is 1.03. The van der Waals surface area contributed by atoms with E-state index in [0.717, 1.165) is 17.4 Å². The first kappa shape index (κ1) is 8.77. The molecule has 0 amide bonds. The molecule has 0 atom stereocenters. The van der Waals surface area contributed by atoms with Crippen molar-refractivity contribution in [2.45, 2.75) is 13.3 Å². The van der Waals surface area contributed by atoms with Gasteiger partial charge in [-0.1, -0.05) is 31.2 Å². The van der Waals surface area contributed by atoms with E-state index in [0.29, 0.717) is 0 Å². The molecule has 1 heteroatoms. The van der Waals surface area contributed by atoms with Gasteiger partial charge in [-0.2, -0.15) is 5.26 Å². The second-order valence-corrected chi connectivity index (χ2v) is 3.36. The molecule has 0 unspecified atom stereocenters. The highest BCUT2D eigenvalue weighted by molar-refractivity contribution is 5.84. The molecule has 2 aromatic carbocycles. The Labute approximate surface area is 83.6 Å². The van der Waals surface area contributed by atoms with Crippen molar-refractivity contribution in [1.29, 1.82) is 5.26 Å². The Morgan fingerprint density at radius 2 is 1.86 bits per heavy atom. The standard InChI is InChI=1S/C13H11N/c1-2-10-3-5-12-6-4-11(9-14)8-13(12)7-10/h3-8H,2H2,1H3. The van der Waals surface area contributed by atoms with Gasteiger partial charge in [-0.25, -0.2) is 0 Å². The minimum absolute atomic E-state index is 0.728. The number of nitriles is 1. The van der Waals surface area contributed by atoms with Gasteiger partial charge in [-0.3, -0.25) is 0 Å². The summed E-state index contributed by atoms with van der Waals surface area (Å²) in [4.78, 5) is 0. The highest BCUT2D eigenvalue weighted by Gasteiger charge is 1.96. The number of aryl methyl sites for hydroxylation is 1. The summed E-state index contributed by atoms with van der Waals surface area (Å²) < 4.78 is 0. The monoisotopic (exact) mass is 181 g/mol. The van der Waals surface area contributed by atoms with Crippen LogP contribution in [-0.4, -0.2) is 0 Å². The summed E-state index contributed by atoms with van der Waals surface area (Å²) in [6.45, 7) is 2.13. The van der Waals surface area contributed by atoms with Gasteiger partial charge in [0.2, 0.25) is 0 Å². The topological polar surface area (TPSA) is 23.8 Å². The molecule has 0 spiro atoms. The van der Waals surface area contributed by atoms with Crippen LogP contribution in [0.15, 0.2) is 36.4 Å². The fourth-order valence-electron chi connectivity index (χ4n) is 1.59. The molecule has 0 saturated heterocycles. The van der Waals surface area contributed by atoms with E-state index < -0.39 is 0 Å². The van der Waals surface area contributed by atoms with Gasteiger partial charge in [0.05, 0.1) is 11.6 Å². The maximum atomic E-state index is 8.77. The number of hydrogen-bond donors (Lipinski definition) is 0. The number of hydrogen-bond acceptors (Lipinski definition) is 1. The Morgan fingerprint density at radius 1 is 1.07 bits per heavy atom. The SMILES string of the molecule is CCc1ccc2ccc(C#N)cc2c1. The van der Waals surface area contributed by atoms with Gasteiger partial charge in [-0.05, 0) is 34.9 Å². The fourth-order valence-corrected chi connectivity index (χ4v) is 1.59. The van der Waals surface area contributed by atoms with Crippen molar-refractivity contribution in [3.05, 3.63) is 47.5 Å². The number of fused-ring (bicyclic) bond motifs is 1. The van der Waals surface area contributed by atoms with Crippen molar-refractivity contribution in [3.8, 4) is 6.07 Å². The van der Waals surface area contributed by atoms with E-state index >= 15 is 0 Å². The van der Waals surface area contributed by atoms with Crippen LogP contribution in [-0.2, 0) is 6.42 Å². The average molecular weight is 181 g/mol. The predicted octanol–water partition coefficient (Wildman–Crippen LogP) is 3.27. The first-order valence-corrected chi connectivity index (χ1v) is 4.76. The van der Waals surface area contributed by atoms with Crippen LogP contribution >= 0.6 is 0 Å². The zero-order chi connectivity index (χ0) is 9.97. The summed E-state index contributed by atoms with van der Waals surface area (Å²) in [5.41, 5.74) is 2.04. The molecule has 0 fully saturated rings. The molecule has 0 N–H and O–H groups in total. The molecule has 0 aliphatic rings. The lowest BCUT2D eigenvalue weighted by molar-refractivity contribution is 1.15. The zero-order valence-corrected chi connectivity index (χ0v) is 8.12. The van der Waals surface area contributed by atoms with E-state index in [1.54, 1.807) is 0 Å². The first-order chi connectivity index (χ1) is 6.83. The third-order valence-corrected chi connectivity index (χ3v) is 2.44. The maximum absolute atomic E-state index is 8.77. The number of rotatable bonds is 1. The minimum atomic E-state index is 0.728. The Morgan fingerprint density at radius 3 is 2.57 bits per heavy atom. The third kappa shape index (κ3) is 1.47. The van der Waals surface area contributed by atoms with Gasteiger partial charge in [0.15, 0.2) is 0 Å². The van der Waals surface area contributed by atoms with Crippen LogP contribution in [0.1, 0.15) is 18.1 Å². The van der Waals surface area contributed by atoms with Gasteiger partial charge in [0, 0.05) is 0 Å². The number of nitrogens with zero attached hydrogens (tertiary/aromatic N) is 1. The molecular formula is C13H11N. The van der Waals surface area contributed by atoms with E-state index in [9.17, 15) is 0 Å². The Kier molecular flexibility index (Phi) is 2.20. The van der Waals surface area contributed by atoms with Crippen LogP contribution in [0.2, 0.25) is 0 Å². The van der Waals surface area contributed by atoms with E-state index in [4.69, 9.17) is 5.26 Å². The summed E-state index contributed by atoms with van der Waals surface area (Å²) in [5, 5.41) is 11.1. The summed E-state index contributed by atoms with van der Waals surface area (Å²) in [7, 11) is 0. The van der Waals surface area contributed by atoms with E-state index in [1.165, 1.54) is 10.9 Å². The van der Waals surface area contributed by atoms with E-state index in [2.05, 4.69) is 31.2 Å². The lowest BCUT2D eigenvalue weighted by Crippen LogP contribution is -1.81. The van der Waals surface area contributed by atoms with Crippen molar-refractivity contribution in [2.24, 2.45) is 0 Å². The molecule has 2 aromatic rings. The molecule has 14 heavy (non-hydrogen) atoms. The molecule has 0 bridgehead atoms. The van der Waals surface area contributed by atoms with Crippen LogP contribution in [0.3, 0.4) is 0 Å². The van der Waals surface area contributed by atoms with Gasteiger partial charge in [0.25, 0.3) is 0 Å². The van der Waals surface area contributed by atoms with Crippen LogP contribution in [0.25, 0.3) is 10.8 Å². The van der Waals surface area contributed by atoms with Crippen molar-refractivity contribution in [2.75, 3.05) is 0 Å². The molecule has 68 valence electrons. The molecule has 0 radical (unpaired) electrons. The summed E-state index contributed by atoms with van der Waals surface area (Å²) >= 11 is 0. The average Bonchev–Trinajstić information content (AvgIpc) is 2.27. The molecule has 0 aromatic heterocycles. The van der Waals surface area contributed by atoms with Crippen LogP contribution in [0, 0.1) is 11.3 Å². The van der Waals surface area contributed by atoms with Gasteiger partial charge < -0.3 is 0 Å². The quantitative estimate of drug-likeness (QED) is 0.662. The molecule has 2 rings (SSSR count). The van der Waals surface area contributed by atoms with Crippen molar-refractivity contribution < 1.29 is 0 Å². The summed E-state index contributed by atoms with van der Waals surface area (Å²) in [5.74, 6) is 0. The highest BCUT2D eigenvalue weighted by Crippen LogP contribution is 2.17. The van der Waals surface area contributed by atoms with Crippen LogP contribution in [0.5, 0.6) is 0 Å². The maximum Gasteiger partial charge on any atom is 0.0991 e.